The molecular formula is C21H30N8O5. The predicted molar refractivity (Wildman–Crippen MR) is 125 cm³/mol. The number of fused-ring (bicyclic) bond motifs is 1. The normalized spacial score (nSPS) is 13.4. The van der Waals surface area contributed by atoms with Crippen LogP contribution in [0.1, 0.15) is 24.8 Å². The minimum atomic E-state index is -1.54. The van der Waals surface area contributed by atoms with Crippen molar-refractivity contribution in [1.82, 2.24) is 15.6 Å². The number of carboxylic acid groups (broad SMARTS) is 1. The molecule has 0 fully saturated rings. The summed E-state index contributed by atoms with van der Waals surface area (Å²) >= 11 is 0. The summed E-state index contributed by atoms with van der Waals surface area (Å²) in [6.45, 7) is 0.188. The van der Waals surface area contributed by atoms with Crippen molar-refractivity contribution in [2.75, 3.05) is 6.54 Å². The van der Waals surface area contributed by atoms with Gasteiger partial charge in [0.05, 0.1) is 12.5 Å². The minimum Gasteiger partial charge on any atom is -0.480 e. The van der Waals surface area contributed by atoms with E-state index >= 15 is 0 Å². The standard InChI is InChI=1S/C21H30N8O5/c22-13(8-11-10-27-14-5-2-1-4-12(11)14)18(31)28-15(6-3-7-26-21(24)25)19(32)29-16(20(33)34)9-17(23)30/h1-2,4-5,10,13,15-16,27H,3,6-9,22H2,(H2,23,30)(H,28,31)(H,29,32)(H,33,34)(H4,24,25,26). The van der Waals surface area contributed by atoms with Crippen molar-refractivity contribution in [3.63, 3.8) is 0 Å². The number of para-hydroxylation sites is 1. The van der Waals surface area contributed by atoms with Gasteiger partial charge in [-0.1, -0.05) is 18.2 Å². The number of hydrogen-bond acceptors (Lipinski definition) is 6. The van der Waals surface area contributed by atoms with Gasteiger partial charge in [0.15, 0.2) is 5.96 Å². The summed E-state index contributed by atoms with van der Waals surface area (Å²) in [6, 6.07) is 3.89. The SMILES string of the molecule is NC(=O)CC(NC(=O)C(CCCN=C(N)N)NC(=O)C(N)Cc1c[nH]c2ccccc12)C(=O)O. The lowest BCUT2D eigenvalue weighted by Gasteiger charge is -2.22. The molecule has 0 aliphatic heterocycles. The lowest BCUT2D eigenvalue weighted by atomic mass is 10.0. The number of aliphatic carboxylic acids is 1. The van der Waals surface area contributed by atoms with Gasteiger partial charge in [-0.2, -0.15) is 0 Å². The Bertz CT molecular complexity index is 1060. The monoisotopic (exact) mass is 474 g/mol. The van der Waals surface area contributed by atoms with Gasteiger partial charge in [-0.05, 0) is 30.9 Å². The molecule has 184 valence electrons. The van der Waals surface area contributed by atoms with E-state index in [9.17, 15) is 24.3 Å². The van der Waals surface area contributed by atoms with Crippen LogP contribution in [-0.4, -0.2) is 64.4 Å². The lowest BCUT2D eigenvalue weighted by Crippen LogP contribution is -2.55. The van der Waals surface area contributed by atoms with E-state index in [1.165, 1.54) is 0 Å². The number of amides is 3. The molecule has 13 nitrogen and oxygen atoms in total. The van der Waals surface area contributed by atoms with Gasteiger partial charge >= 0.3 is 5.97 Å². The fourth-order valence-corrected chi connectivity index (χ4v) is 3.35. The van der Waals surface area contributed by atoms with Crippen LogP contribution in [0.25, 0.3) is 10.9 Å². The van der Waals surface area contributed by atoms with Gasteiger partial charge in [0, 0.05) is 23.6 Å². The van der Waals surface area contributed by atoms with E-state index in [0.717, 1.165) is 16.5 Å². The molecule has 1 aromatic carbocycles. The Morgan fingerprint density at radius 1 is 1.03 bits per heavy atom. The molecule has 0 spiro atoms. The van der Waals surface area contributed by atoms with Crippen LogP contribution in [0.5, 0.6) is 0 Å². The molecule has 1 heterocycles. The average molecular weight is 475 g/mol. The van der Waals surface area contributed by atoms with Crippen LogP contribution in [0.4, 0.5) is 0 Å². The summed E-state index contributed by atoms with van der Waals surface area (Å²) in [5.74, 6) is -3.87. The number of nitrogens with two attached hydrogens (primary N) is 4. The van der Waals surface area contributed by atoms with Crippen LogP contribution in [-0.2, 0) is 25.6 Å². The molecule has 3 amide bonds. The van der Waals surface area contributed by atoms with E-state index in [0.29, 0.717) is 6.42 Å². The molecule has 0 aliphatic rings. The first kappa shape index (κ1) is 26.1. The fourth-order valence-electron chi connectivity index (χ4n) is 3.35. The number of nitrogens with zero attached hydrogens (tertiary/aromatic N) is 1. The van der Waals surface area contributed by atoms with Crippen molar-refractivity contribution in [2.24, 2.45) is 27.9 Å². The number of carbonyl (C=O) groups is 4. The summed E-state index contributed by atoms with van der Waals surface area (Å²) in [5.41, 5.74) is 23.5. The Balaban J connectivity index is 2.09. The van der Waals surface area contributed by atoms with Crippen LogP contribution < -0.4 is 33.6 Å². The third kappa shape index (κ3) is 7.78. The van der Waals surface area contributed by atoms with Gasteiger partial charge in [0.1, 0.15) is 12.1 Å². The third-order valence-corrected chi connectivity index (χ3v) is 5.05. The summed E-state index contributed by atoms with van der Waals surface area (Å²) in [6.07, 6.45) is 1.77. The Hall–Kier alpha value is -4.13. The molecule has 1 aromatic heterocycles. The molecule has 0 bridgehead atoms. The number of primary amides is 1. The molecule has 13 heteroatoms. The van der Waals surface area contributed by atoms with Crippen molar-refractivity contribution in [3.05, 3.63) is 36.0 Å². The number of rotatable bonds is 13. The smallest absolute Gasteiger partial charge is 0.326 e. The maximum Gasteiger partial charge on any atom is 0.326 e. The van der Waals surface area contributed by atoms with Gasteiger partial charge < -0.3 is 43.7 Å². The predicted octanol–water partition coefficient (Wildman–Crippen LogP) is -1.98. The van der Waals surface area contributed by atoms with E-state index in [4.69, 9.17) is 22.9 Å². The number of guanidine groups is 1. The second kappa shape index (κ2) is 12.2. The van der Waals surface area contributed by atoms with Crippen molar-refractivity contribution in [2.45, 2.75) is 43.8 Å². The Morgan fingerprint density at radius 3 is 2.35 bits per heavy atom. The zero-order chi connectivity index (χ0) is 25.3. The number of hydrogen-bond donors (Lipinski definition) is 8. The van der Waals surface area contributed by atoms with Crippen LogP contribution in [0.3, 0.4) is 0 Å². The van der Waals surface area contributed by atoms with Crippen LogP contribution in [0.2, 0.25) is 0 Å². The van der Waals surface area contributed by atoms with Crippen molar-refractivity contribution >= 4 is 40.6 Å². The van der Waals surface area contributed by atoms with E-state index in [-0.39, 0.29) is 25.3 Å². The highest BCUT2D eigenvalue weighted by Crippen LogP contribution is 2.18. The zero-order valence-electron chi connectivity index (χ0n) is 18.5. The molecule has 2 aromatic rings. The topological polar surface area (TPSA) is 245 Å². The van der Waals surface area contributed by atoms with E-state index in [2.05, 4.69) is 20.6 Å². The molecule has 12 N–H and O–H groups in total. The Labute approximate surface area is 195 Å². The first-order chi connectivity index (χ1) is 16.1. The largest absolute Gasteiger partial charge is 0.480 e. The summed E-state index contributed by atoms with van der Waals surface area (Å²) in [5, 5.41) is 15.0. The highest BCUT2D eigenvalue weighted by molar-refractivity contribution is 5.93. The minimum absolute atomic E-state index is 0.0943. The molecule has 0 aliphatic carbocycles. The molecule has 0 saturated heterocycles. The summed E-state index contributed by atoms with van der Waals surface area (Å²) < 4.78 is 0. The molecule has 3 unspecified atom stereocenters. The van der Waals surface area contributed by atoms with Crippen molar-refractivity contribution in [3.8, 4) is 0 Å². The highest BCUT2D eigenvalue weighted by Gasteiger charge is 2.29. The second-order valence-corrected chi connectivity index (χ2v) is 7.75. The number of aromatic nitrogens is 1. The van der Waals surface area contributed by atoms with E-state index in [1.807, 2.05) is 24.3 Å². The van der Waals surface area contributed by atoms with Gasteiger partial charge in [0.25, 0.3) is 0 Å². The maximum atomic E-state index is 12.8. The number of benzene rings is 1. The number of carbonyl (C=O) groups excluding carboxylic acids is 3. The van der Waals surface area contributed by atoms with E-state index in [1.54, 1.807) is 6.20 Å². The zero-order valence-corrected chi connectivity index (χ0v) is 18.5. The van der Waals surface area contributed by atoms with Gasteiger partial charge in [-0.25, -0.2) is 4.79 Å². The highest BCUT2D eigenvalue weighted by atomic mass is 16.4. The molecule has 2 rings (SSSR count). The van der Waals surface area contributed by atoms with Crippen molar-refractivity contribution in [1.29, 1.82) is 0 Å². The first-order valence-electron chi connectivity index (χ1n) is 10.6. The van der Waals surface area contributed by atoms with Crippen molar-refractivity contribution < 1.29 is 24.3 Å². The van der Waals surface area contributed by atoms with Crippen LogP contribution in [0.15, 0.2) is 35.5 Å². The van der Waals surface area contributed by atoms with Gasteiger partial charge in [-0.15, -0.1) is 0 Å². The maximum absolute atomic E-state index is 12.8. The first-order valence-corrected chi connectivity index (χ1v) is 10.6. The summed E-state index contributed by atoms with van der Waals surface area (Å²) in [4.78, 5) is 54.9. The number of carboxylic acids is 1. The third-order valence-electron chi connectivity index (χ3n) is 5.05. The number of aliphatic imine (C=N–C) groups is 1. The number of H-pyrrole nitrogens is 1. The fraction of sp³-hybridized carbons (Fsp3) is 0.381. The molecule has 3 atom stereocenters. The Kier molecular flexibility index (Phi) is 9.38. The average Bonchev–Trinajstić information content (AvgIpc) is 3.17. The summed E-state index contributed by atoms with van der Waals surface area (Å²) in [7, 11) is 0. The molecular weight excluding hydrogens is 444 g/mol. The second-order valence-electron chi connectivity index (χ2n) is 7.75. The molecule has 0 saturated carbocycles. The lowest BCUT2D eigenvalue weighted by molar-refractivity contribution is -0.143. The van der Waals surface area contributed by atoms with E-state index < -0.39 is 48.2 Å². The molecule has 0 radical (unpaired) electrons. The molecule has 34 heavy (non-hydrogen) atoms. The number of aromatic amines is 1. The van der Waals surface area contributed by atoms with Crippen LogP contribution >= 0.6 is 0 Å². The van der Waals surface area contributed by atoms with Gasteiger partial charge in [0.2, 0.25) is 17.7 Å². The van der Waals surface area contributed by atoms with Crippen LogP contribution in [0, 0.1) is 0 Å². The Morgan fingerprint density at radius 2 is 1.71 bits per heavy atom. The quantitative estimate of drug-likeness (QED) is 0.0915. The van der Waals surface area contributed by atoms with Gasteiger partial charge in [-0.3, -0.25) is 19.4 Å². The number of nitrogens with one attached hydrogen (secondary N) is 3.